The molecule has 6 heteroatoms. The minimum atomic E-state index is -0.150. The molecule has 0 aliphatic heterocycles. The fourth-order valence-electron chi connectivity index (χ4n) is 4.82. The Kier molecular flexibility index (Phi) is 10.1. The highest BCUT2D eigenvalue weighted by molar-refractivity contribution is 6.05. The van der Waals surface area contributed by atoms with Gasteiger partial charge in [-0.1, -0.05) is 56.0 Å². The maximum atomic E-state index is 12.4. The SMILES string of the molecule is C[N+](C)(C)c1ccc(CC(=O)OCCCCCCCCn2ccc3cc(NC(=O)c4ccccc4)ccc32)cc1. The van der Waals surface area contributed by atoms with E-state index in [4.69, 9.17) is 4.74 Å². The van der Waals surface area contributed by atoms with Gasteiger partial charge in [0.25, 0.3) is 5.91 Å². The van der Waals surface area contributed by atoms with E-state index >= 15 is 0 Å². The Balaban J connectivity index is 1.08. The van der Waals surface area contributed by atoms with Gasteiger partial charge < -0.3 is 14.6 Å². The lowest BCUT2D eigenvalue weighted by Crippen LogP contribution is -2.34. The van der Waals surface area contributed by atoms with Crippen molar-refractivity contribution in [3.05, 3.63) is 96.2 Å². The van der Waals surface area contributed by atoms with Crippen LogP contribution in [0.15, 0.2) is 85.1 Å². The van der Waals surface area contributed by atoms with E-state index in [0.29, 0.717) is 18.6 Å². The van der Waals surface area contributed by atoms with Crippen LogP contribution in [0.5, 0.6) is 0 Å². The second-order valence-corrected chi connectivity index (χ2v) is 11.3. The molecule has 0 bridgehead atoms. The van der Waals surface area contributed by atoms with Crippen LogP contribution in [-0.2, 0) is 22.5 Å². The number of quaternary nitrogens is 1. The molecule has 1 amide bonds. The highest BCUT2D eigenvalue weighted by atomic mass is 16.5. The van der Waals surface area contributed by atoms with Gasteiger partial charge >= 0.3 is 5.97 Å². The summed E-state index contributed by atoms with van der Waals surface area (Å²) in [7, 11) is 6.38. The standard InChI is InChI=1S/C34H41N3O3/c1-37(2,3)31-18-15-27(16-19-31)25-33(38)40-24-12-7-5-4-6-11-22-36-23-21-29-26-30(17-20-32(29)36)35-34(39)28-13-9-8-10-14-28/h8-10,13-21,23,26H,4-7,11-12,22,24-25H2,1-3H3/p+1. The Labute approximate surface area is 238 Å². The topological polar surface area (TPSA) is 60.3 Å². The first-order chi connectivity index (χ1) is 19.3. The number of rotatable bonds is 14. The van der Waals surface area contributed by atoms with Gasteiger partial charge in [0, 0.05) is 34.9 Å². The van der Waals surface area contributed by atoms with Crippen LogP contribution in [0.3, 0.4) is 0 Å². The number of hydrogen-bond donors (Lipinski definition) is 1. The lowest BCUT2D eigenvalue weighted by molar-refractivity contribution is -0.142. The van der Waals surface area contributed by atoms with E-state index in [1.807, 2.05) is 54.6 Å². The van der Waals surface area contributed by atoms with Gasteiger partial charge in [-0.2, -0.15) is 0 Å². The number of amides is 1. The predicted molar refractivity (Wildman–Crippen MR) is 165 cm³/mol. The van der Waals surface area contributed by atoms with Gasteiger partial charge in [-0.3, -0.25) is 14.1 Å². The first-order valence-electron chi connectivity index (χ1n) is 14.3. The van der Waals surface area contributed by atoms with Crippen molar-refractivity contribution < 1.29 is 14.3 Å². The van der Waals surface area contributed by atoms with Gasteiger partial charge in [0.15, 0.2) is 0 Å². The van der Waals surface area contributed by atoms with Crippen LogP contribution in [0.2, 0.25) is 0 Å². The number of nitrogens with one attached hydrogen (secondary N) is 1. The van der Waals surface area contributed by atoms with Crippen molar-refractivity contribution >= 4 is 34.2 Å². The van der Waals surface area contributed by atoms with E-state index in [1.54, 1.807) is 0 Å². The van der Waals surface area contributed by atoms with Crippen LogP contribution in [0.25, 0.3) is 10.9 Å². The molecular weight excluding hydrogens is 498 g/mol. The van der Waals surface area contributed by atoms with E-state index in [1.165, 1.54) is 24.0 Å². The molecule has 4 rings (SSSR count). The first kappa shape index (κ1) is 29.1. The van der Waals surface area contributed by atoms with Crippen LogP contribution in [-0.4, -0.2) is 44.2 Å². The fraction of sp³-hybridized carbons (Fsp3) is 0.353. The minimum absolute atomic E-state index is 0.0982. The zero-order valence-electron chi connectivity index (χ0n) is 24.1. The van der Waals surface area contributed by atoms with Crippen LogP contribution in [0.4, 0.5) is 11.4 Å². The maximum absolute atomic E-state index is 12.4. The number of unbranched alkanes of at least 4 members (excludes halogenated alkanes) is 5. The van der Waals surface area contributed by atoms with E-state index in [9.17, 15) is 9.59 Å². The lowest BCUT2D eigenvalue weighted by atomic mass is 10.1. The molecule has 0 spiro atoms. The number of hydrogen-bond acceptors (Lipinski definition) is 3. The molecule has 0 unspecified atom stereocenters. The number of anilines is 1. The molecule has 0 saturated carbocycles. The Morgan fingerprint density at radius 2 is 1.50 bits per heavy atom. The highest BCUT2D eigenvalue weighted by Crippen LogP contribution is 2.22. The van der Waals surface area contributed by atoms with E-state index in [2.05, 4.69) is 61.5 Å². The summed E-state index contributed by atoms with van der Waals surface area (Å²) < 4.78 is 8.49. The van der Waals surface area contributed by atoms with Crippen molar-refractivity contribution in [2.24, 2.45) is 0 Å². The predicted octanol–water partition coefficient (Wildman–Crippen LogP) is 7.22. The summed E-state index contributed by atoms with van der Waals surface area (Å²) in [6, 6.07) is 25.6. The van der Waals surface area contributed by atoms with Crippen molar-refractivity contribution in [2.75, 3.05) is 33.1 Å². The zero-order valence-corrected chi connectivity index (χ0v) is 24.1. The molecule has 0 radical (unpaired) electrons. The van der Waals surface area contributed by atoms with Crippen molar-refractivity contribution in [3.8, 4) is 0 Å². The highest BCUT2D eigenvalue weighted by Gasteiger charge is 2.12. The number of nitrogens with zero attached hydrogens (tertiary/aromatic N) is 2. The van der Waals surface area contributed by atoms with Gasteiger partial charge in [-0.25, -0.2) is 0 Å². The average molecular weight is 541 g/mol. The van der Waals surface area contributed by atoms with Crippen LogP contribution in [0.1, 0.15) is 54.4 Å². The van der Waals surface area contributed by atoms with Crippen LogP contribution in [0, 0.1) is 0 Å². The molecule has 1 N–H and O–H groups in total. The number of aryl methyl sites for hydroxylation is 1. The summed E-state index contributed by atoms with van der Waals surface area (Å²) in [5.41, 5.74) is 4.84. The number of fused-ring (bicyclic) bond motifs is 1. The van der Waals surface area contributed by atoms with E-state index < -0.39 is 0 Å². The van der Waals surface area contributed by atoms with Gasteiger partial charge in [0.2, 0.25) is 0 Å². The minimum Gasteiger partial charge on any atom is -0.465 e. The summed E-state index contributed by atoms with van der Waals surface area (Å²) in [5, 5.41) is 4.11. The van der Waals surface area contributed by atoms with Crippen molar-refractivity contribution in [2.45, 2.75) is 51.5 Å². The Morgan fingerprint density at radius 3 is 2.23 bits per heavy atom. The molecule has 0 aliphatic carbocycles. The van der Waals surface area contributed by atoms with Crippen molar-refractivity contribution in [1.82, 2.24) is 9.05 Å². The first-order valence-corrected chi connectivity index (χ1v) is 14.3. The van der Waals surface area contributed by atoms with Gasteiger partial charge in [-0.15, -0.1) is 0 Å². The summed E-state index contributed by atoms with van der Waals surface area (Å²) in [6.45, 7) is 1.48. The Hall–Kier alpha value is -3.90. The van der Waals surface area contributed by atoms with Crippen molar-refractivity contribution in [1.29, 1.82) is 0 Å². The smallest absolute Gasteiger partial charge is 0.310 e. The van der Waals surface area contributed by atoms with Gasteiger partial charge in [0.05, 0.1) is 34.2 Å². The van der Waals surface area contributed by atoms with E-state index in [0.717, 1.165) is 53.3 Å². The summed E-state index contributed by atoms with van der Waals surface area (Å²) >= 11 is 0. The fourth-order valence-corrected chi connectivity index (χ4v) is 4.82. The average Bonchev–Trinajstić information content (AvgIpc) is 3.34. The third-order valence-electron chi connectivity index (χ3n) is 7.18. The molecule has 0 atom stereocenters. The third kappa shape index (κ3) is 8.55. The maximum Gasteiger partial charge on any atom is 0.310 e. The summed E-state index contributed by atoms with van der Waals surface area (Å²) in [5.74, 6) is -0.249. The Bertz CT molecular complexity index is 1390. The molecule has 1 aromatic heterocycles. The van der Waals surface area contributed by atoms with Gasteiger partial charge in [0.1, 0.15) is 5.69 Å². The van der Waals surface area contributed by atoms with Crippen LogP contribution < -0.4 is 9.80 Å². The number of carbonyl (C=O) groups excluding carboxylic acids is 2. The van der Waals surface area contributed by atoms with Gasteiger partial charge in [-0.05, 0) is 66.9 Å². The molecule has 4 aromatic rings. The number of esters is 1. The summed E-state index contributed by atoms with van der Waals surface area (Å²) in [6.07, 6.45) is 9.08. The summed E-state index contributed by atoms with van der Waals surface area (Å²) in [4.78, 5) is 24.6. The lowest BCUT2D eigenvalue weighted by Gasteiger charge is -2.23. The Morgan fingerprint density at radius 1 is 0.800 bits per heavy atom. The van der Waals surface area contributed by atoms with E-state index in [-0.39, 0.29) is 11.9 Å². The third-order valence-corrected chi connectivity index (χ3v) is 7.18. The number of aromatic nitrogens is 1. The molecule has 40 heavy (non-hydrogen) atoms. The molecule has 0 fully saturated rings. The second kappa shape index (κ2) is 13.9. The molecule has 0 saturated heterocycles. The molecule has 1 heterocycles. The molecular formula is C34H42N3O3+. The largest absolute Gasteiger partial charge is 0.465 e. The number of ether oxygens (including phenoxy) is 1. The number of benzene rings is 3. The molecule has 0 aliphatic rings. The molecule has 6 nitrogen and oxygen atoms in total. The quantitative estimate of drug-likeness (QED) is 0.104. The van der Waals surface area contributed by atoms with Crippen LogP contribution >= 0.6 is 0 Å². The molecule has 210 valence electrons. The zero-order chi connectivity index (χ0) is 28.4. The normalized spacial score (nSPS) is 11.5. The second-order valence-electron chi connectivity index (χ2n) is 11.3. The van der Waals surface area contributed by atoms with Crippen molar-refractivity contribution in [3.63, 3.8) is 0 Å². The number of carbonyl (C=O) groups is 2. The monoisotopic (exact) mass is 540 g/mol. The molecule has 3 aromatic carbocycles.